The maximum Gasteiger partial charge on any atom is 0.573 e. The van der Waals surface area contributed by atoms with E-state index in [9.17, 15) is 30.7 Å². The van der Waals surface area contributed by atoms with Crippen molar-refractivity contribution in [1.29, 1.82) is 0 Å². The van der Waals surface area contributed by atoms with E-state index in [1.165, 1.54) is 18.3 Å². The fraction of sp³-hybridized carbons (Fsp3) is 0.125. The Hall–Kier alpha value is -3.11. The van der Waals surface area contributed by atoms with Crippen molar-refractivity contribution in [3.63, 3.8) is 0 Å². The highest BCUT2D eigenvalue weighted by Crippen LogP contribution is 2.31. The predicted molar refractivity (Wildman–Crippen MR) is 78.4 cm³/mol. The molecule has 142 valence electrons. The molecule has 0 saturated heterocycles. The lowest BCUT2D eigenvalue weighted by Crippen LogP contribution is -2.16. The summed E-state index contributed by atoms with van der Waals surface area (Å²) in [6, 6.07) is 6.60. The van der Waals surface area contributed by atoms with Crippen molar-refractivity contribution in [2.75, 3.05) is 0 Å². The average Bonchev–Trinajstić information content (AvgIpc) is 3.03. The molecule has 27 heavy (non-hydrogen) atoms. The van der Waals surface area contributed by atoms with Crippen molar-refractivity contribution >= 4 is 0 Å². The summed E-state index contributed by atoms with van der Waals surface area (Å²) in [4.78, 5) is 0. The van der Waals surface area contributed by atoms with Crippen molar-refractivity contribution in [3.05, 3.63) is 60.0 Å². The van der Waals surface area contributed by atoms with Gasteiger partial charge in [0, 0.05) is 5.56 Å². The van der Waals surface area contributed by atoms with Crippen LogP contribution in [0.3, 0.4) is 0 Å². The van der Waals surface area contributed by atoms with Gasteiger partial charge in [0.15, 0.2) is 0 Å². The molecule has 1 aromatic heterocycles. The third-order valence-electron chi connectivity index (χ3n) is 3.40. The molecule has 0 atom stereocenters. The third kappa shape index (κ3) is 4.36. The predicted octanol–water partition coefficient (Wildman–Crippen LogP) is 4.99. The molecule has 0 aliphatic carbocycles. The van der Waals surface area contributed by atoms with Crippen molar-refractivity contribution in [3.8, 4) is 22.7 Å². The molecule has 0 unspecified atom stereocenters. The van der Waals surface area contributed by atoms with Gasteiger partial charge in [-0.2, -0.15) is 13.2 Å². The van der Waals surface area contributed by atoms with Crippen LogP contribution in [-0.2, 0) is 6.18 Å². The number of aromatic nitrogens is 3. The van der Waals surface area contributed by atoms with Crippen LogP contribution < -0.4 is 4.74 Å². The number of benzene rings is 2. The first kappa shape index (κ1) is 18.7. The number of hydrogen-bond donors (Lipinski definition) is 0. The first-order valence-electron chi connectivity index (χ1n) is 7.18. The van der Waals surface area contributed by atoms with E-state index in [1.807, 2.05) is 0 Å². The molecule has 0 bridgehead atoms. The molecule has 0 N–H and O–H groups in total. The lowest BCUT2D eigenvalue weighted by Gasteiger charge is -2.09. The second kappa shape index (κ2) is 6.56. The number of nitrogens with zero attached hydrogens (tertiary/aromatic N) is 3. The third-order valence-corrected chi connectivity index (χ3v) is 3.40. The lowest BCUT2D eigenvalue weighted by molar-refractivity contribution is -0.274. The second-order valence-corrected chi connectivity index (χ2v) is 5.28. The number of halogens is 7. The first-order valence-corrected chi connectivity index (χ1v) is 7.18. The SMILES string of the molecule is Fc1cc(C(F)(F)F)ccc1-n1cc(-c2ccc(OC(F)(F)F)cc2)nn1. The van der Waals surface area contributed by atoms with Gasteiger partial charge in [0.05, 0.1) is 11.8 Å². The summed E-state index contributed by atoms with van der Waals surface area (Å²) < 4.78 is 92.8. The van der Waals surface area contributed by atoms with Crippen LogP contribution in [0.2, 0.25) is 0 Å². The molecule has 0 spiro atoms. The molecule has 0 amide bonds. The molecule has 0 saturated carbocycles. The molecule has 11 heteroatoms. The molecule has 0 radical (unpaired) electrons. The molecule has 3 aromatic rings. The van der Waals surface area contributed by atoms with Crippen molar-refractivity contribution in [1.82, 2.24) is 15.0 Å². The van der Waals surface area contributed by atoms with Gasteiger partial charge in [0.1, 0.15) is 22.9 Å². The van der Waals surface area contributed by atoms with Gasteiger partial charge in [-0.05, 0) is 42.5 Å². The highest BCUT2D eigenvalue weighted by Gasteiger charge is 2.32. The Morgan fingerprint density at radius 2 is 1.56 bits per heavy atom. The molecule has 0 aliphatic heterocycles. The number of rotatable bonds is 3. The summed E-state index contributed by atoms with van der Waals surface area (Å²) in [5, 5.41) is 7.37. The summed E-state index contributed by atoms with van der Waals surface area (Å²) in [5.74, 6) is -1.59. The first-order chi connectivity index (χ1) is 12.5. The largest absolute Gasteiger partial charge is 0.573 e. The van der Waals surface area contributed by atoms with Crippen LogP contribution in [0.15, 0.2) is 48.7 Å². The van der Waals surface area contributed by atoms with Crippen LogP contribution >= 0.6 is 0 Å². The van der Waals surface area contributed by atoms with E-state index in [4.69, 9.17) is 0 Å². The number of hydrogen-bond acceptors (Lipinski definition) is 3. The van der Waals surface area contributed by atoms with E-state index < -0.39 is 29.7 Å². The maximum absolute atomic E-state index is 14.0. The Morgan fingerprint density at radius 1 is 0.889 bits per heavy atom. The normalized spacial score (nSPS) is 12.3. The van der Waals surface area contributed by atoms with Crippen molar-refractivity contribution < 1.29 is 35.5 Å². The summed E-state index contributed by atoms with van der Waals surface area (Å²) in [6.45, 7) is 0. The zero-order valence-electron chi connectivity index (χ0n) is 13.0. The molecule has 2 aromatic carbocycles. The van der Waals surface area contributed by atoms with Crippen molar-refractivity contribution in [2.45, 2.75) is 12.5 Å². The van der Waals surface area contributed by atoms with Gasteiger partial charge in [0.25, 0.3) is 0 Å². The van der Waals surface area contributed by atoms with E-state index >= 15 is 0 Å². The second-order valence-electron chi connectivity index (χ2n) is 5.28. The van der Waals surface area contributed by atoms with Gasteiger partial charge in [-0.1, -0.05) is 5.21 Å². The molecule has 0 aliphatic rings. The summed E-state index contributed by atoms with van der Waals surface area (Å²) in [6.07, 6.45) is -8.29. The smallest absolute Gasteiger partial charge is 0.406 e. The fourth-order valence-corrected chi connectivity index (χ4v) is 2.21. The van der Waals surface area contributed by atoms with E-state index in [0.717, 1.165) is 22.9 Å². The number of ether oxygens (including phenoxy) is 1. The van der Waals surface area contributed by atoms with Crippen LogP contribution in [0.4, 0.5) is 30.7 Å². The summed E-state index contributed by atoms with van der Waals surface area (Å²) in [5.41, 5.74) is -0.890. The molecular formula is C16H8F7N3O. The Morgan fingerprint density at radius 3 is 2.11 bits per heavy atom. The molecule has 0 fully saturated rings. The van der Waals surface area contributed by atoms with Crippen LogP contribution in [0, 0.1) is 5.82 Å². The number of alkyl halides is 6. The lowest BCUT2D eigenvalue weighted by atomic mass is 10.1. The fourth-order valence-electron chi connectivity index (χ4n) is 2.21. The van der Waals surface area contributed by atoms with Gasteiger partial charge in [-0.15, -0.1) is 18.3 Å². The minimum atomic E-state index is -4.83. The highest BCUT2D eigenvalue weighted by molar-refractivity contribution is 5.59. The van der Waals surface area contributed by atoms with Crippen LogP contribution in [0.5, 0.6) is 5.75 Å². The Labute approximate surface area is 146 Å². The Balaban J connectivity index is 1.85. The van der Waals surface area contributed by atoms with Crippen LogP contribution in [0.1, 0.15) is 5.56 Å². The standard InChI is InChI=1S/C16H8F7N3O/c17-12-7-10(15(18,19)20)3-6-14(12)26-8-13(24-25-26)9-1-4-11(5-2-9)27-16(21,22)23/h1-8H. The average molecular weight is 391 g/mol. The highest BCUT2D eigenvalue weighted by atomic mass is 19.4. The monoisotopic (exact) mass is 391 g/mol. The minimum Gasteiger partial charge on any atom is -0.406 e. The van der Waals surface area contributed by atoms with E-state index in [-0.39, 0.29) is 11.4 Å². The zero-order valence-corrected chi connectivity index (χ0v) is 13.0. The Bertz CT molecular complexity index is 946. The van der Waals surface area contributed by atoms with Crippen molar-refractivity contribution in [2.24, 2.45) is 0 Å². The summed E-state index contributed by atoms with van der Waals surface area (Å²) >= 11 is 0. The van der Waals surface area contributed by atoms with Gasteiger partial charge in [-0.3, -0.25) is 0 Å². The van der Waals surface area contributed by atoms with E-state index in [2.05, 4.69) is 15.0 Å². The van der Waals surface area contributed by atoms with Gasteiger partial charge >= 0.3 is 12.5 Å². The van der Waals surface area contributed by atoms with Gasteiger partial charge in [0.2, 0.25) is 0 Å². The minimum absolute atomic E-state index is 0.174. The van der Waals surface area contributed by atoms with Gasteiger partial charge < -0.3 is 4.74 Å². The van der Waals surface area contributed by atoms with E-state index in [0.29, 0.717) is 17.7 Å². The molecule has 4 nitrogen and oxygen atoms in total. The molecular weight excluding hydrogens is 383 g/mol. The molecule has 1 heterocycles. The topological polar surface area (TPSA) is 39.9 Å². The van der Waals surface area contributed by atoms with Gasteiger partial charge in [-0.25, -0.2) is 9.07 Å². The van der Waals surface area contributed by atoms with E-state index in [1.54, 1.807) is 0 Å². The van der Waals surface area contributed by atoms with Crippen LogP contribution in [-0.4, -0.2) is 21.4 Å². The maximum atomic E-state index is 14.0. The zero-order chi connectivity index (χ0) is 19.8. The Kier molecular flexibility index (Phi) is 4.54. The molecule has 3 rings (SSSR count). The quantitative estimate of drug-likeness (QED) is 0.591. The summed E-state index contributed by atoms with van der Waals surface area (Å²) in [7, 11) is 0. The van der Waals surface area contributed by atoms with Crippen LogP contribution in [0.25, 0.3) is 16.9 Å².